The van der Waals surface area contributed by atoms with Crippen LogP contribution in [0.1, 0.15) is 194 Å². The zero-order valence-corrected chi connectivity index (χ0v) is 29.5. The highest BCUT2D eigenvalue weighted by Gasteiger charge is 2.14. The standard InChI is InChI=1S/C39H71NO5/c1-3-5-7-9-11-13-15-17-19-21-26-30-34-39(44)45-36(31-27-23-20-18-16-14-12-10-8-6-4-2)32-28-24-22-25-29-33-37(41)40-35-38(42)43/h12,14,18,20,36H,3-11,13,15-17,19,21-35H2,1-2H3,(H,40,41)(H,42,43)/b14-12-,20-18-. The van der Waals surface area contributed by atoms with E-state index in [0.29, 0.717) is 12.8 Å². The number of aliphatic carboxylic acids is 1. The summed E-state index contributed by atoms with van der Waals surface area (Å²) in [6.45, 7) is 4.18. The van der Waals surface area contributed by atoms with Crippen LogP contribution in [0.5, 0.6) is 0 Å². The summed E-state index contributed by atoms with van der Waals surface area (Å²) in [4.78, 5) is 34.8. The van der Waals surface area contributed by atoms with Crippen molar-refractivity contribution in [1.29, 1.82) is 0 Å². The van der Waals surface area contributed by atoms with E-state index in [1.165, 1.54) is 89.9 Å². The molecule has 1 unspecified atom stereocenters. The van der Waals surface area contributed by atoms with Crippen molar-refractivity contribution in [3.8, 4) is 0 Å². The number of unbranched alkanes of at least 4 members (excludes halogenated alkanes) is 19. The van der Waals surface area contributed by atoms with Crippen molar-refractivity contribution in [2.75, 3.05) is 6.54 Å². The molecule has 45 heavy (non-hydrogen) atoms. The van der Waals surface area contributed by atoms with Crippen LogP contribution in [-0.2, 0) is 19.1 Å². The van der Waals surface area contributed by atoms with Crippen LogP contribution >= 0.6 is 0 Å². The highest BCUT2D eigenvalue weighted by Crippen LogP contribution is 2.18. The first kappa shape index (κ1) is 42.9. The van der Waals surface area contributed by atoms with Crippen molar-refractivity contribution >= 4 is 17.8 Å². The third-order valence-electron chi connectivity index (χ3n) is 8.38. The van der Waals surface area contributed by atoms with Crippen LogP contribution in [0, 0.1) is 0 Å². The minimum absolute atomic E-state index is 0.0107. The molecule has 0 aromatic rings. The predicted molar refractivity (Wildman–Crippen MR) is 189 cm³/mol. The molecule has 0 saturated carbocycles. The number of ether oxygens (including phenoxy) is 1. The molecule has 0 saturated heterocycles. The van der Waals surface area contributed by atoms with Gasteiger partial charge in [-0.1, -0.05) is 141 Å². The highest BCUT2D eigenvalue weighted by molar-refractivity contribution is 5.80. The summed E-state index contributed by atoms with van der Waals surface area (Å²) >= 11 is 0. The van der Waals surface area contributed by atoms with Gasteiger partial charge in [0.2, 0.25) is 5.91 Å². The second kappa shape index (κ2) is 34.8. The van der Waals surface area contributed by atoms with E-state index in [-0.39, 0.29) is 24.5 Å². The lowest BCUT2D eigenvalue weighted by Gasteiger charge is -2.18. The van der Waals surface area contributed by atoms with Crippen LogP contribution in [0.4, 0.5) is 0 Å². The molecule has 6 heteroatoms. The van der Waals surface area contributed by atoms with Gasteiger partial charge < -0.3 is 15.2 Å². The second-order valence-corrected chi connectivity index (χ2v) is 12.8. The molecule has 0 heterocycles. The monoisotopic (exact) mass is 634 g/mol. The number of carboxylic acid groups (broad SMARTS) is 1. The Hall–Kier alpha value is -2.11. The normalized spacial score (nSPS) is 12.2. The van der Waals surface area contributed by atoms with Crippen molar-refractivity contribution in [2.45, 2.75) is 200 Å². The zero-order chi connectivity index (χ0) is 33.1. The number of amides is 1. The molecule has 0 rings (SSSR count). The molecule has 0 spiro atoms. The Morgan fingerprint density at radius 1 is 0.578 bits per heavy atom. The maximum absolute atomic E-state index is 12.7. The summed E-state index contributed by atoms with van der Waals surface area (Å²) in [6, 6.07) is 0. The molecule has 0 aliphatic rings. The summed E-state index contributed by atoms with van der Waals surface area (Å²) in [6.07, 6.45) is 40.0. The molecule has 0 aromatic heterocycles. The smallest absolute Gasteiger partial charge is 0.322 e. The van der Waals surface area contributed by atoms with Gasteiger partial charge in [0.25, 0.3) is 0 Å². The van der Waals surface area contributed by atoms with Gasteiger partial charge >= 0.3 is 11.9 Å². The van der Waals surface area contributed by atoms with Crippen LogP contribution in [0.3, 0.4) is 0 Å². The first-order valence-corrected chi connectivity index (χ1v) is 19.0. The maximum Gasteiger partial charge on any atom is 0.322 e. The van der Waals surface area contributed by atoms with E-state index in [2.05, 4.69) is 43.5 Å². The molecule has 0 bridgehead atoms. The SMILES string of the molecule is CCCCC/C=C\C/C=C\CCCC(CCCCCCCC(=O)NCC(=O)O)OC(=O)CCCCCCCCCCCCCC. The van der Waals surface area contributed by atoms with Crippen molar-refractivity contribution in [2.24, 2.45) is 0 Å². The average Bonchev–Trinajstić information content (AvgIpc) is 3.02. The van der Waals surface area contributed by atoms with Crippen LogP contribution in [0.2, 0.25) is 0 Å². The third-order valence-corrected chi connectivity index (χ3v) is 8.38. The molecule has 2 N–H and O–H groups in total. The van der Waals surface area contributed by atoms with Crippen LogP contribution in [-0.4, -0.2) is 35.6 Å². The summed E-state index contributed by atoms with van der Waals surface area (Å²) in [5, 5.41) is 11.1. The van der Waals surface area contributed by atoms with Crippen LogP contribution < -0.4 is 5.32 Å². The van der Waals surface area contributed by atoms with Gasteiger partial charge in [-0.25, -0.2) is 0 Å². The molecule has 1 amide bonds. The van der Waals surface area contributed by atoms with E-state index in [1.807, 2.05) is 0 Å². The number of allylic oxidation sites excluding steroid dienone is 4. The van der Waals surface area contributed by atoms with E-state index >= 15 is 0 Å². The molecule has 0 aliphatic carbocycles. The average molecular weight is 634 g/mol. The Kier molecular flexibility index (Phi) is 33.1. The molecule has 0 fully saturated rings. The number of carboxylic acids is 1. The topological polar surface area (TPSA) is 92.7 Å². The first-order chi connectivity index (χ1) is 22.0. The minimum Gasteiger partial charge on any atom is -0.480 e. The second-order valence-electron chi connectivity index (χ2n) is 12.8. The molecule has 1 atom stereocenters. The van der Waals surface area contributed by atoms with Gasteiger partial charge in [-0.3, -0.25) is 14.4 Å². The van der Waals surface area contributed by atoms with Gasteiger partial charge in [0.1, 0.15) is 12.6 Å². The molecule has 0 aliphatic heterocycles. The fraction of sp³-hybridized carbons (Fsp3) is 0.821. The Morgan fingerprint density at radius 3 is 1.62 bits per heavy atom. The van der Waals surface area contributed by atoms with Gasteiger partial charge in [0.05, 0.1) is 0 Å². The maximum atomic E-state index is 12.7. The summed E-state index contributed by atoms with van der Waals surface area (Å²) in [5.74, 6) is -1.26. The van der Waals surface area contributed by atoms with Crippen molar-refractivity contribution in [1.82, 2.24) is 5.32 Å². The third kappa shape index (κ3) is 34.6. The number of carbonyl (C=O) groups is 3. The number of rotatable bonds is 34. The summed E-state index contributed by atoms with van der Waals surface area (Å²) in [7, 11) is 0. The molecular weight excluding hydrogens is 562 g/mol. The Balaban J connectivity index is 4.23. The number of esters is 1. The lowest BCUT2D eigenvalue weighted by Crippen LogP contribution is -2.28. The fourth-order valence-corrected chi connectivity index (χ4v) is 5.55. The van der Waals surface area contributed by atoms with Crippen molar-refractivity contribution < 1.29 is 24.2 Å². The largest absolute Gasteiger partial charge is 0.480 e. The van der Waals surface area contributed by atoms with E-state index in [9.17, 15) is 14.4 Å². The lowest BCUT2D eigenvalue weighted by atomic mass is 10.0. The number of carbonyl (C=O) groups excluding carboxylic acids is 2. The molecule has 6 nitrogen and oxygen atoms in total. The van der Waals surface area contributed by atoms with Crippen molar-refractivity contribution in [3.05, 3.63) is 24.3 Å². The quantitative estimate of drug-likeness (QED) is 0.0418. The number of hydrogen-bond acceptors (Lipinski definition) is 4. The zero-order valence-electron chi connectivity index (χ0n) is 29.5. The molecule has 0 radical (unpaired) electrons. The van der Waals surface area contributed by atoms with E-state index in [1.54, 1.807) is 0 Å². The fourth-order valence-electron chi connectivity index (χ4n) is 5.55. The highest BCUT2D eigenvalue weighted by atomic mass is 16.5. The van der Waals surface area contributed by atoms with Crippen LogP contribution in [0.15, 0.2) is 24.3 Å². The summed E-state index contributed by atoms with van der Waals surface area (Å²) in [5.41, 5.74) is 0. The van der Waals surface area contributed by atoms with Crippen LogP contribution in [0.25, 0.3) is 0 Å². The molecule has 0 aromatic carbocycles. The van der Waals surface area contributed by atoms with Gasteiger partial charge in [0, 0.05) is 12.8 Å². The number of hydrogen-bond donors (Lipinski definition) is 2. The number of nitrogens with one attached hydrogen (secondary N) is 1. The predicted octanol–water partition coefficient (Wildman–Crippen LogP) is 11.2. The van der Waals surface area contributed by atoms with E-state index < -0.39 is 5.97 Å². The summed E-state index contributed by atoms with van der Waals surface area (Å²) < 4.78 is 5.97. The van der Waals surface area contributed by atoms with Crippen molar-refractivity contribution in [3.63, 3.8) is 0 Å². The lowest BCUT2D eigenvalue weighted by molar-refractivity contribution is -0.150. The minimum atomic E-state index is -1.02. The van der Waals surface area contributed by atoms with Gasteiger partial charge in [-0.05, 0) is 64.2 Å². The first-order valence-electron chi connectivity index (χ1n) is 19.0. The molecule has 262 valence electrons. The Morgan fingerprint density at radius 2 is 1.04 bits per heavy atom. The van der Waals surface area contributed by atoms with Gasteiger partial charge in [-0.2, -0.15) is 0 Å². The molecular formula is C39H71NO5. The Bertz CT molecular complexity index is 748. The Labute approximate surface area is 277 Å². The van der Waals surface area contributed by atoms with E-state index in [0.717, 1.165) is 77.0 Å². The van der Waals surface area contributed by atoms with Gasteiger partial charge in [0.15, 0.2) is 0 Å². The van der Waals surface area contributed by atoms with E-state index in [4.69, 9.17) is 9.84 Å². The van der Waals surface area contributed by atoms with Gasteiger partial charge in [-0.15, -0.1) is 0 Å².